The summed E-state index contributed by atoms with van der Waals surface area (Å²) in [6.45, 7) is 5.51. The van der Waals surface area contributed by atoms with Crippen LogP contribution in [0.15, 0.2) is 0 Å². The van der Waals surface area contributed by atoms with Gasteiger partial charge < -0.3 is 27.9 Å². The van der Waals surface area contributed by atoms with Crippen molar-refractivity contribution in [2.75, 3.05) is 54.1 Å². The van der Waals surface area contributed by atoms with Crippen molar-refractivity contribution >= 4 is 13.8 Å². The summed E-state index contributed by atoms with van der Waals surface area (Å²) >= 11 is 0. The molecule has 2 atom stereocenters. The van der Waals surface area contributed by atoms with E-state index in [1.165, 1.54) is 283 Å². The van der Waals surface area contributed by atoms with Crippen LogP contribution in [0, 0.1) is 0 Å². The Labute approximate surface area is 444 Å². The first kappa shape index (κ1) is 70.5. The number of carbonyl (C=O) groups excluding carboxylic acids is 1. The number of hydrogen-bond acceptors (Lipinski definition) is 7. The Morgan fingerprint density at radius 2 is 0.648 bits per heavy atom. The number of quaternary nitrogens is 1. The van der Waals surface area contributed by atoms with E-state index in [9.17, 15) is 14.3 Å². The molecule has 0 spiro atoms. The van der Waals surface area contributed by atoms with Crippen LogP contribution in [0.4, 0.5) is 0 Å². The van der Waals surface area contributed by atoms with E-state index < -0.39 is 13.9 Å². The summed E-state index contributed by atoms with van der Waals surface area (Å²) in [6, 6.07) is 0. The van der Waals surface area contributed by atoms with Crippen LogP contribution < -0.4 is 4.89 Å². The van der Waals surface area contributed by atoms with Gasteiger partial charge in [-0.15, -0.1) is 0 Å². The summed E-state index contributed by atoms with van der Waals surface area (Å²) in [5, 5.41) is 0. The number of likely N-dealkylation sites (N-methyl/N-ethyl adjacent to an activating group) is 1. The molecule has 9 heteroatoms. The first-order valence-corrected chi connectivity index (χ1v) is 33.2. The molecule has 0 N–H and O–H groups in total. The average Bonchev–Trinajstić information content (AvgIpc) is 3.33. The Bertz CT molecular complexity index is 1100. The first-order valence-electron chi connectivity index (χ1n) is 31.8. The van der Waals surface area contributed by atoms with Gasteiger partial charge in [-0.2, -0.15) is 0 Å². The van der Waals surface area contributed by atoms with E-state index in [4.69, 9.17) is 18.5 Å². The van der Waals surface area contributed by atoms with E-state index in [1.807, 2.05) is 21.1 Å². The number of nitrogens with zero attached hydrogens (tertiary/aromatic N) is 1. The van der Waals surface area contributed by atoms with Gasteiger partial charge in [0.1, 0.15) is 19.3 Å². The van der Waals surface area contributed by atoms with E-state index in [0.29, 0.717) is 24.1 Å². The monoisotopic (exact) mass is 1030 g/mol. The Morgan fingerprint density at radius 1 is 0.380 bits per heavy atom. The maximum Gasteiger partial charge on any atom is 0.306 e. The highest BCUT2D eigenvalue weighted by atomic mass is 31.2. The largest absolute Gasteiger partial charge is 0.756 e. The minimum absolute atomic E-state index is 0.0320. The number of phosphoric ester groups is 1. The second-order valence-electron chi connectivity index (χ2n) is 23.1. The predicted molar refractivity (Wildman–Crippen MR) is 305 cm³/mol. The molecule has 0 radical (unpaired) electrons. The fourth-order valence-electron chi connectivity index (χ4n) is 9.79. The minimum atomic E-state index is -4.53. The minimum Gasteiger partial charge on any atom is -0.756 e. The summed E-state index contributed by atoms with van der Waals surface area (Å²) in [6.07, 6.45) is 66.1. The molecule has 1 unspecified atom stereocenters. The molecule has 0 aromatic heterocycles. The molecule has 0 aliphatic rings. The second kappa shape index (κ2) is 55.7. The van der Waals surface area contributed by atoms with Crippen molar-refractivity contribution in [3.63, 3.8) is 0 Å². The molecular weight excluding hydrogens is 902 g/mol. The third-order valence-electron chi connectivity index (χ3n) is 14.7. The van der Waals surface area contributed by atoms with Crippen molar-refractivity contribution in [3.8, 4) is 0 Å². The highest BCUT2D eigenvalue weighted by Crippen LogP contribution is 2.38. The van der Waals surface area contributed by atoms with Gasteiger partial charge in [-0.3, -0.25) is 9.36 Å². The number of ether oxygens (including phenoxy) is 2. The van der Waals surface area contributed by atoms with E-state index in [2.05, 4.69) is 13.8 Å². The molecule has 0 bridgehead atoms. The summed E-state index contributed by atoms with van der Waals surface area (Å²) in [4.78, 5) is 25.3. The standard InChI is InChI=1S/C62H126NO7P/c1-6-8-10-12-14-16-18-20-22-24-25-26-27-28-29-30-31-32-33-34-35-36-37-38-39-40-41-43-45-47-49-51-53-55-62(64)70-61(60-69-71(65,66)68-58-56-63(3,4)5)59-67-57-54-52-50-48-46-44-42-23-21-19-17-15-13-11-9-7-2/h61H,6-60H2,1-5H3/t61-/m1/s1. The van der Waals surface area contributed by atoms with Gasteiger partial charge in [-0.1, -0.05) is 316 Å². The molecule has 426 valence electrons. The van der Waals surface area contributed by atoms with Crippen LogP contribution in [0.3, 0.4) is 0 Å². The maximum atomic E-state index is 12.8. The van der Waals surface area contributed by atoms with Crippen LogP contribution in [0.5, 0.6) is 0 Å². The van der Waals surface area contributed by atoms with E-state index in [-0.39, 0.29) is 25.8 Å². The van der Waals surface area contributed by atoms with Gasteiger partial charge in [0.05, 0.1) is 34.4 Å². The Hall–Kier alpha value is -0.500. The number of esters is 1. The maximum absolute atomic E-state index is 12.8. The van der Waals surface area contributed by atoms with Crippen molar-refractivity contribution < 1.29 is 37.3 Å². The zero-order valence-electron chi connectivity index (χ0n) is 48.7. The highest BCUT2D eigenvalue weighted by Gasteiger charge is 2.20. The van der Waals surface area contributed by atoms with Crippen molar-refractivity contribution in [2.45, 2.75) is 341 Å². The quantitative estimate of drug-likeness (QED) is 0.0259. The number of carbonyl (C=O) groups is 1. The lowest BCUT2D eigenvalue weighted by Gasteiger charge is -2.28. The predicted octanol–water partition coefficient (Wildman–Crippen LogP) is 19.7. The van der Waals surface area contributed by atoms with Gasteiger partial charge in [0.25, 0.3) is 7.82 Å². The third kappa shape index (κ3) is 60.2. The first-order chi connectivity index (χ1) is 34.6. The molecule has 0 aliphatic heterocycles. The molecular formula is C62H126NO7P. The molecule has 0 aromatic carbocycles. The Balaban J connectivity index is 3.85. The van der Waals surface area contributed by atoms with Crippen molar-refractivity contribution in [3.05, 3.63) is 0 Å². The summed E-state index contributed by atoms with van der Waals surface area (Å²) in [7, 11) is 1.38. The third-order valence-corrected chi connectivity index (χ3v) is 15.6. The van der Waals surface area contributed by atoms with Gasteiger partial charge >= 0.3 is 5.97 Å². The molecule has 0 rings (SSSR count). The second-order valence-corrected chi connectivity index (χ2v) is 24.6. The fraction of sp³-hybridized carbons (Fsp3) is 0.984. The number of unbranched alkanes of at least 4 members (excludes halogenated alkanes) is 47. The molecule has 71 heavy (non-hydrogen) atoms. The van der Waals surface area contributed by atoms with Crippen molar-refractivity contribution in [2.24, 2.45) is 0 Å². The number of hydrogen-bond donors (Lipinski definition) is 0. The zero-order chi connectivity index (χ0) is 51.9. The number of rotatable bonds is 61. The molecule has 0 saturated heterocycles. The van der Waals surface area contributed by atoms with E-state index >= 15 is 0 Å². The molecule has 8 nitrogen and oxygen atoms in total. The zero-order valence-corrected chi connectivity index (χ0v) is 49.6. The van der Waals surface area contributed by atoms with Gasteiger partial charge in [-0.05, 0) is 12.8 Å². The van der Waals surface area contributed by atoms with Crippen LogP contribution in [0.25, 0.3) is 0 Å². The lowest BCUT2D eigenvalue weighted by atomic mass is 10.0. The average molecular weight is 1030 g/mol. The smallest absolute Gasteiger partial charge is 0.306 e. The lowest BCUT2D eigenvalue weighted by Crippen LogP contribution is -2.37. The Kier molecular flexibility index (Phi) is 55.3. The van der Waals surface area contributed by atoms with Crippen LogP contribution in [-0.4, -0.2) is 70.7 Å². The van der Waals surface area contributed by atoms with E-state index in [0.717, 1.165) is 32.1 Å². The van der Waals surface area contributed by atoms with Crippen LogP contribution in [0.2, 0.25) is 0 Å². The molecule has 0 aromatic rings. The molecule has 0 saturated carbocycles. The van der Waals surface area contributed by atoms with Gasteiger partial charge in [0.15, 0.2) is 0 Å². The van der Waals surface area contributed by atoms with Crippen LogP contribution in [0.1, 0.15) is 335 Å². The summed E-state index contributed by atoms with van der Waals surface area (Å²) in [5.74, 6) is -0.322. The summed E-state index contributed by atoms with van der Waals surface area (Å²) in [5.41, 5.74) is 0. The van der Waals surface area contributed by atoms with E-state index in [1.54, 1.807) is 0 Å². The van der Waals surface area contributed by atoms with Crippen molar-refractivity contribution in [1.29, 1.82) is 0 Å². The van der Waals surface area contributed by atoms with Crippen molar-refractivity contribution in [1.82, 2.24) is 0 Å². The Morgan fingerprint density at radius 3 is 0.930 bits per heavy atom. The SMILES string of the molecule is CCCCCCCCCCCCCCCCCCCCCCCCCCCCCCCCCCCC(=O)O[C@H](COCCCCCCCCCCCCCCCCCC)COP(=O)([O-])OCC[N+](C)(C)C. The summed E-state index contributed by atoms with van der Waals surface area (Å²) < 4.78 is 34.9. The molecule has 0 fully saturated rings. The molecule has 0 heterocycles. The van der Waals surface area contributed by atoms with Crippen LogP contribution >= 0.6 is 7.82 Å². The van der Waals surface area contributed by atoms with Gasteiger partial charge in [-0.25, -0.2) is 0 Å². The van der Waals surface area contributed by atoms with Crippen LogP contribution in [-0.2, 0) is 27.9 Å². The highest BCUT2D eigenvalue weighted by molar-refractivity contribution is 7.45. The van der Waals surface area contributed by atoms with Gasteiger partial charge in [0, 0.05) is 13.0 Å². The molecule has 0 aliphatic carbocycles. The topological polar surface area (TPSA) is 94.1 Å². The normalized spacial score (nSPS) is 13.3. The fourth-order valence-corrected chi connectivity index (χ4v) is 10.5. The lowest BCUT2D eigenvalue weighted by molar-refractivity contribution is -0.870. The van der Waals surface area contributed by atoms with Gasteiger partial charge in [0.2, 0.25) is 0 Å². The molecule has 0 amide bonds. The number of phosphoric acid groups is 1.